The van der Waals surface area contributed by atoms with Crippen LogP contribution in [0.4, 0.5) is 10.5 Å². The number of nitrogens with zero attached hydrogens (tertiary/aromatic N) is 5. The zero-order chi connectivity index (χ0) is 24.1. The second-order valence-corrected chi connectivity index (χ2v) is 9.42. The van der Waals surface area contributed by atoms with Crippen LogP contribution in [0.5, 0.6) is 5.75 Å². The number of anilines is 1. The predicted molar refractivity (Wildman–Crippen MR) is 129 cm³/mol. The van der Waals surface area contributed by atoms with E-state index in [1.54, 1.807) is 15.9 Å². The van der Waals surface area contributed by atoms with E-state index in [9.17, 15) is 4.79 Å². The number of hydrogen-bond acceptors (Lipinski definition) is 7. The summed E-state index contributed by atoms with van der Waals surface area (Å²) in [5.41, 5.74) is 2.54. The highest BCUT2D eigenvalue weighted by Crippen LogP contribution is 2.22. The van der Waals surface area contributed by atoms with Gasteiger partial charge in [-0.05, 0) is 57.5 Å². The van der Waals surface area contributed by atoms with Crippen molar-refractivity contribution in [2.45, 2.75) is 58.8 Å². The fourth-order valence-corrected chi connectivity index (χ4v) is 3.75. The average molecular weight is 465 g/mol. The van der Waals surface area contributed by atoms with Gasteiger partial charge in [0.15, 0.2) is 5.82 Å². The van der Waals surface area contributed by atoms with Gasteiger partial charge in [-0.25, -0.2) is 19.4 Å². The normalized spacial score (nSPS) is 14.6. The van der Waals surface area contributed by atoms with Gasteiger partial charge in [0.05, 0.1) is 11.4 Å². The Balaban J connectivity index is 1.24. The zero-order valence-corrected chi connectivity index (χ0v) is 20.2. The SMILES string of the molecule is Cc1nc(-n2cncn2)ccc1NCc1ccc(OC2CCN(C(=O)OC(C)(C)C)CC2)cc1. The lowest BCUT2D eigenvalue weighted by Gasteiger charge is -2.33. The summed E-state index contributed by atoms with van der Waals surface area (Å²) in [5.74, 6) is 1.58. The summed E-state index contributed by atoms with van der Waals surface area (Å²) in [5, 5.41) is 7.55. The molecule has 9 nitrogen and oxygen atoms in total. The summed E-state index contributed by atoms with van der Waals surface area (Å²) in [6, 6.07) is 12.0. The second-order valence-electron chi connectivity index (χ2n) is 9.42. The highest BCUT2D eigenvalue weighted by Gasteiger charge is 2.27. The molecule has 0 bridgehead atoms. The fraction of sp³-hybridized carbons (Fsp3) is 0.440. The summed E-state index contributed by atoms with van der Waals surface area (Å²) in [4.78, 5) is 22.5. The summed E-state index contributed by atoms with van der Waals surface area (Å²) in [6.45, 7) is 9.58. The molecule has 1 amide bonds. The van der Waals surface area contributed by atoms with Crippen LogP contribution in [-0.2, 0) is 11.3 Å². The Morgan fingerprint density at radius 1 is 1.12 bits per heavy atom. The molecule has 4 rings (SSSR count). The maximum Gasteiger partial charge on any atom is 0.410 e. The molecular weight excluding hydrogens is 432 g/mol. The van der Waals surface area contributed by atoms with E-state index in [-0.39, 0.29) is 12.2 Å². The number of benzene rings is 1. The third-order valence-corrected chi connectivity index (χ3v) is 5.53. The molecule has 1 N–H and O–H groups in total. The monoisotopic (exact) mass is 464 g/mol. The number of nitrogens with one attached hydrogen (secondary N) is 1. The molecule has 180 valence electrons. The van der Waals surface area contributed by atoms with E-state index in [2.05, 4.69) is 32.5 Å². The van der Waals surface area contributed by atoms with Gasteiger partial charge in [0.25, 0.3) is 0 Å². The van der Waals surface area contributed by atoms with E-state index >= 15 is 0 Å². The molecule has 3 aromatic rings. The maximum absolute atomic E-state index is 12.2. The number of likely N-dealkylation sites (tertiary alicyclic amines) is 1. The highest BCUT2D eigenvalue weighted by molar-refractivity contribution is 5.68. The van der Waals surface area contributed by atoms with Gasteiger partial charge in [-0.2, -0.15) is 5.10 Å². The van der Waals surface area contributed by atoms with Gasteiger partial charge in [-0.3, -0.25) is 0 Å². The van der Waals surface area contributed by atoms with Crippen molar-refractivity contribution in [1.29, 1.82) is 0 Å². The number of rotatable bonds is 6. The minimum Gasteiger partial charge on any atom is -0.490 e. The molecule has 0 aliphatic carbocycles. The molecule has 1 fully saturated rings. The van der Waals surface area contributed by atoms with E-state index < -0.39 is 5.60 Å². The van der Waals surface area contributed by atoms with Gasteiger partial charge in [0, 0.05) is 32.5 Å². The topological polar surface area (TPSA) is 94.4 Å². The lowest BCUT2D eigenvalue weighted by Crippen LogP contribution is -2.44. The Hall–Kier alpha value is -3.62. The molecule has 1 saturated heterocycles. The number of carbonyl (C=O) groups excluding carboxylic acids is 1. The Kier molecular flexibility index (Phi) is 7.00. The zero-order valence-electron chi connectivity index (χ0n) is 20.2. The number of carbonyl (C=O) groups is 1. The first-order valence-corrected chi connectivity index (χ1v) is 11.6. The van der Waals surface area contributed by atoms with E-state index in [1.165, 1.54) is 6.33 Å². The van der Waals surface area contributed by atoms with Gasteiger partial charge in [-0.15, -0.1) is 0 Å². The number of amides is 1. The molecule has 1 aliphatic rings. The van der Waals surface area contributed by atoms with Crippen LogP contribution >= 0.6 is 0 Å². The first-order chi connectivity index (χ1) is 16.3. The number of aryl methyl sites for hydroxylation is 1. The number of pyridine rings is 1. The first kappa shape index (κ1) is 23.5. The molecule has 0 unspecified atom stereocenters. The third-order valence-electron chi connectivity index (χ3n) is 5.53. The number of ether oxygens (including phenoxy) is 2. The van der Waals surface area contributed by atoms with Crippen molar-refractivity contribution in [3.8, 4) is 11.6 Å². The smallest absolute Gasteiger partial charge is 0.410 e. The van der Waals surface area contributed by atoms with E-state index in [4.69, 9.17) is 9.47 Å². The first-order valence-electron chi connectivity index (χ1n) is 11.6. The number of piperidine rings is 1. The Bertz CT molecular complexity index is 1080. The minimum absolute atomic E-state index is 0.0971. The van der Waals surface area contributed by atoms with Crippen molar-refractivity contribution in [2.24, 2.45) is 0 Å². The Labute approximate surface area is 200 Å². The van der Waals surface area contributed by atoms with Crippen molar-refractivity contribution in [3.63, 3.8) is 0 Å². The molecule has 1 aromatic carbocycles. The minimum atomic E-state index is -0.475. The van der Waals surface area contributed by atoms with Gasteiger partial charge in [0.2, 0.25) is 0 Å². The van der Waals surface area contributed by atoms with Crippen LogP contribution in [0.25, 0.3) is 5.82 Å². The largest absolute Gasteiger partial charge is 0.490 e. The van der Waals surface area contributed by atoms with Crippen LogP contribution in [0.3, 0.4) is 0 Å². The lowest BCUT2D eigenvalue weighted by molar-refractivity contribution is 0.0126. The van der Waals surface area contributed by atoms with Gasteiger partial charge in [-0.1, -0.05) is 12.1 Å². The van der Waals surface area contributed by atoms with E-state index in [0.29, 0.717) is 19.6 Å². The van der Waals surface area contributed by atoms with Crippen LogP contribution in [0.2, 0.25) is 0 Å². The van der Waals surface area contributed by atoms with Crippen LogP contribution < -0.4 is 10.1 Å². The summed E-state index contributed by atoms with van der Waals surface area (Å²) < 4.78 is 13.2. The molecule has 34 heavy (non-hydrogen) atoms. The molecular formula is C25H32N6O3. The molecule has 0 atom stereocenters. The lowest BCUT2D eigenvalue weighted by atomic mass is 10.1. The quantitative estimate of drug-likeness (QED) is 0.579. The van der Waals surface area contributed by atoms with E-state index in [1.807, 2.05) is 52.0 Å². The van der Waals surface area contributed by atoms with Crippen molar-refractivity contribution in [1.82, 2.24) is 24.6 Å². The molecule has 3 heterocycles. The molecule has 0 spiro atoms. The summed E-state index contributed by atoms with van der Waals surface area (Å²) >= 11 is 0. The Morgan fingerprint density at radius 3 is 2.47 bits per heavy atom. The fourth-order valence-electron chi connectivity index (χ4n) is 3.75. The third kappa shape index (κ3) is 6.24. The molecule has 0 saturated carbocycles. The second kappa shape index (κ2) is 10.1. The maximum atomic E-state index is 12.2. The van der Waals surface area contributed by atoms with Gasteiger partial charge >= 0.3 is 6.09 Å². The molecule has 0 radical (unpaired) electrons. The Morgan fingerprint density at radius 2 is 1.85 bits per heavy atom. The predicted octanol–water partition coefficient (Wildman–Crippen LogP) is 4.36. The molecule has 1 aliphatic heterocycles. The van der Waals surface area contributed by atoms with Crippen LogP contribution in [0.1, 0.15) is 44.9 Å². The summed E-state index contributed by atoms with van der Waals surface area (Å²) in [7, 11) is 0. The molecule has 2 aromatic heterocycles. The van der Waals surface area contributed by atoms with Gasteiger partial charge < -0.3 is 19.7 Å². The average Bonchev–Trinajstić information content (AvgIpc) is 3.34. The van der Waals surface area contributed by atoms with Crippen molar-refractivity contribution in [2.75, 3.05) is 18.4 Å². The van der Waals surface area contributed by atoms with Crippen molar-refractivity contribution in [3.05, 3.63) is 60.3 Å². The molecule has 9 heteroatoms. The van der Waals surface area contributed by atoms with Crippen LogP contribution in [0.15, 0.2) is 49.1 Å². The number of aromatic nitrogens is 4. The van der Waals surface area contributed by atoms with Crippen molar-refractivity contribution >= 4 is 11.8 Å². The standard InChI is InChI=1S/C25H32N6O3/c1-18-22(9-10-23(29-18)31-17-26-16-28-31)27-15-19-5-7-20(8-6-19)33-21-11-13-30(14-12-21)24(32)34-25(2,3)4/h5-10,16-17,21,27H,11-15H2,1-4H3. The summed E-state index contributed by atoms with van der Waals surface area (Å²) in [6.07, 6.45) is 4.55. The van der Waals surface area contributed by atoms with Crippen LogP contribution in [-0.4, -0.2) is 55.5 Å². The number of hydrogen-bond donors (Lipinski definition) is 1. The van der Waals surface area contributed by atoms with Gasteiger partial charge in [0.1, 0.15) is 30.1 Å². The van der Waals surface area contributed by atoms with Crippen LogP contribution in [0, 0.1) is 6.92 Å². The van der Waals surface area contributed by atoms with E-state index in [0.717, 1.165) is 41.4 Å². The highest BCUT2D eigenvalue weighted by atomic mass is 16.6. The van der Waals surface area contributed by atoms with Crippen molar-refractivity contribution < 1.29 is 14.3 Å².